The Morgan fingerprint density at radius 2 is 2.29 bits per heavy atom. The number of furan rings is 1. The molecule has 4 aromatic rings. The first-order chi connectivity index (χ1) is 10.3. The van der Waals surface area contributed by atoms with E-state index >= 15 is 0 Å². The van der Waals surface area contributed by atoms with E-state index in [0.29, 0.717) is 0 Å². The van der Waals surface area contributed by atoms with Crippen molar-refractivity contribution < 1.29 is 4.42 Å². The molecule has 3 aromatic heterocycles. The Kier molecular flexibility index (Phi) is 3.02. The van der Waals surface area contributed by atoms with Crippen molar-refractivity contribution in [3.05, 3.63) is 59.6 Å². The molecule has 4 rings (SSSR count). The topological polar surface area (TPSA) is 42.5 Å². The zero-order valence-electron chi connectivity index (χ0n) is 11.6. The summed E-state index contributed by atoms with van der Waals surface area (Å²) in [5, 5.41) is 6.59. The van der Waals surface area contributed by atoms with Crippen LogP contribution in [0.3, 0.4) is 0 Å². The van der Waals surface area contributed by atoms with E-state index in [0.717, 1.165) is 28.0 Å². The molecule has 1 atom stereocenters. The van der Waals surface area contributed by atoms with E-state index < -0.39 is 0 Å². The predicted molar refractivity (Wildman–Crippen MR) is 84.8 cm³/mol. The van der Waals surface area contributed by atoms with Crippen LogP contribution in [0.15, 0.2) is 52.7 Å². The molecule has 4 nitrogen and oxygen atoms in total. The van der Waals surface area contributed by atoms with E-state index in [-0.39, 0.29) is 6.04 Å². The minimum absolute atomic E-state index is 0.193. The Labute approximate surface area is 126 Å². The minimum atomic E-state index is 0.193. The summed E-state index contributed by atoms with van der Waals surface area (Å²) in [4.78, 5) is 5.70. The van der Waals surface area contributed by atoms with Crippen LogP contribution in [0.5, 0.6) is 0 Å². The van der Waals surface area contributed by atoms with Crippen LogP contribution in [-0.2, 0) is 6.42 Å². The Morgan fingerprint density at radius 3 is 3.14 bits per heavy atom. The van der Waals surface area contributed by atoms with Gasteiger partial charge in [-0.3, -0.25) is 4.40 Å². The van der Waals surface area contributed by atoms with E-state index in [4.69, 9.17) is 4.42 Å². The number of imidazole rings is 1. The zero-order valence-corrected chi connectivity index (χ0v) is 12.4. The van der Waals surface area contributed by atoms with Crippen LogP contribution in [0.25, 0.3) is 15.9 Å². The quantitative estimate of drug-likeness (QED) is 0.625. The van der Waals surface area contributed by atoms with Crippen LogP contribution in [0.4, 0.5) is 0 Å². The smallest absolute Gasteiger partial charge is 0.193 e. The van der Waals surface area contributed by atoms with Gasteiger partial charge in [0.25, 0.3) is 0 Å². The van der Waals surface area contributed by atoms with Crippen molar-refractivity contribution in [3.63, 3.8) is 0 Å². The molecule has 1 N–H and O–H groups in total. The number of nitrogens with one attached hydrogen (secondary N) is 1. The Bertz CT molecular complexity index is 860. The first-order valence-electron chi connectivity index (χ1n) is 6.89. The molecule has 0 fully saturated rings. The van der Waals surface area contributed by atoms with Crippen molar-refractivity contribution in [2.24, 2.45) is 0 Å². The van der Waals surface area contributed by atoms with Gasteiger partial charge in [-0.25, -0.2) is 4.98 Å². The molecule has 1 aromatic carbocycles. The van der Waals surface area contributed by atoms with Gasteiger partial charge in [-0.05, 0) is 13.1 Å². The van der Waals surface area contributed by atoms with Gasteiger partial charge in [0, 0.05) is 41.2 Å². The normalized spacial score (nSPS) is 13.2. The predicted octanol–water partition coefficient (Wildman–Crippen LogP) is 3.65. The van der Waals surface area contributed by atoms with Crippen LogP contribution in [0.2, 0.25) is 0 Å². The lowest BCUT2D eigenvalue weighted by molar-refractivity contribution is 0.560. The largest absolute Gasteiger partial charge is 0.464 e. The Morgan fingerprint density at radius 1 is 1.38 bits per heavy atom. The number of aromatic nitrogens is 2. The molecule has 3 heterocycles. The third-order valence-electron chi connectivity index (χ3n) is 3.79. The number of nitrogens with zero attached hydrogens (tertiary/aromatic N) is 2. The first-order valence-corrected chi connectivity index (χ1v) is 7.77. The Balaban J connectivity index is 1.69. The number of para-hydroxylation sites is 1. The van der Waals surface area contributed by atoms with E-state index in [9.17, 15) is 0 Å². The lowest BCUT2D eigenvalue weighted by Gasteiger charge is -2.13. The molecule has 0 saturated carbocycles. The Hall–Kier alpha value is -2.11. The minimum Gasteiger partial charge on any atom is -0.464 e. The molecule has 0 aliphatic carbocycles. The van der Waals surface area contributed by atoms with Gasteiger partial charge < -0.3 is 9.73 Å². The SMILES string of the molecule is CNC(Cc1cn2ccsc2n1)c1coc2ccccc12. The summed E-state index contributed by atoms with van der Waals surface area (Å²) in [5.74, 6) is 0. The number of benzene rings is 1. The highest BCUT2D eigenvalue weighted by atomic mass is 32.1. The maximum Gasteiger partial charge on any atom is 0.193 e. The van der Waals surface area contributed by atoms with E-state index in [1.807, 2.05) is 43.1 Å². The molecule has 0 aliphatic heterocycles. The molecule has 0 bridgehead atoms. The van der Waals surface area contributed by atoms with Crippen molar-refractivity contribution in [2.45, 2.75) is 12.5 Å². The molecule has 21 heavy (non-hydrogen) atoms. The molecule has 5 heteroatoms. The third-order valence-corrected chi connectivity index (χ3v) is 4.56. The van der Waals surface area contributed by atoms with Gasteiger partial charge in [0.05, 0.1) is 12.0 Å². The fourth-order valence-electron chi connectivity index (χ4n) is 2.72. The highest BCUT2D eigenvalue weighted by molar-refractivity contribution is 7.15. The third kappa shape index (κ3) is 2.14. The van der Waals surface area contributed by atoms with Crippen LogP contribution in [0, 0.1) is 0 Å². The summed E-state index contributed by atoms with van der Waals surface area (Å²) < 4.78 is 7.72. The zero-order chi connectivity index (χ0) is 14.2. The summed E-state index contributed by atoms with van der Waals surface area (Å²) in [7, 11) is 1.98. The van der Waals surface area contributed by atoms with Crippen LogP contribution in [-0.4, -0.2) is 16.4 Å². The van der Waals surface area contributed by atoms with Crippen LogP contribution in [0.1, 0.15) is 17.3 Å². The van der Waals surface area contributed by atoms with Gasteiger partial charge in [0.1, 0.15) is 5.58 Å². The van der Waals surface area contributed by atoms with Crippen LogP contribution < -0.4 is 5.32 Å². The molecule has 0 radical (unpaired) electrons. The fourth-order valence-corrected chi connectivity index (χ4v) is 3.44. The number of thiazole rings is 1. The molecule has 1 unspecified atom stereocenters. The fraction of sp³-hybridized carbons (Fsp3) is 0.188. The monoisotopic (exact) mass is 297 g/mol. The molecule has 0 amide bonds. The molecule has 0 aliphatic rings. The van der Waals surface area contributed by atoms with Crippen LogP contribution >= 0.6 is 11.3 Å². The summed E-state index contributed by atoms with van der Waals surface area (Å²) in [6.07, 6.45) is 6.83. The highest BCUT2D eigenvalue weighted by Crippen LogP contribution is 2.28. The number of likely N-dealkylation sites (N-methyl/N-ethyl adjacent to an activating group) is 1. The highest BCUT2D eigenvalue weighted by Gasteiger charge is 2.17. The van der Waals surface area contributed by atoms with Crippen molar-refractivity contribution in [2.75, 3.05) is 7.05 Å². The lowest BCUT2D eigenvalue weighted by atomic mass is 10.0. The van der Waals surface area contributed by atoms with Gasteiger partial charge in [-0.15, -0.1) is 11.3 Å². The number of rotatable bonds is 4. The van der Waals surface area contributed by atoms with Gasteiger partial charge in [-0.2, -0.15) is 0 Å². The average molecular weight is 297 g/mol. The maximum absolute atomic E-state index is 5.65. The summed E-state index contributed by atoms with van der Waals surface area (Å²) in [5.41, 5.74) is 3.20. The average Bonchev–Trinajstić information content (AvgIpc) is 3.18. The van der Waals surface area contributed by atoms with Gasteiger partial charge in [0.2, 0.25) is 0 Å². The summed E-state index contributed by atoms with van der Waals surface area (Å²) >= 11 is 1.66. The van der Waals surface area contributed by atoms with Gasteiger partial charge in [-0.1, -0.05) is 18.2 Å². The standard InChI is InChI=1S/C16H15N3OS/c1-17-14(8-11-9-19-6-7-21-16(19)18-11)13-10-20-15-5-3-2-4-12(13)15/h2-7,9-10,14,17H,8H2,1H3. The van der Waals surface area contributed by atoms with E-state index in [1.165, 1.54) is 5.56 Å². The number of hydrogen-bond donors (Lipinski definition) is 1. The molecule has 0 spiro atoms. The molecular formula is C16H15N3OS. The summed E-state index contributed by atoms with van der Waals surface area (Å²) in [6, 6.07) is 8.33. The molecular weight excluding hydrogens is 282 g/mol. The summed E-state index contributed by atoms with van der Waals surface area (Å²) in [6.45, 7) is 0. The number of hydrogen-bond acceptors (Lipinski definition) is 4. The van der Waals surface area contributed by atoms with Crippen molar-refractivity contribution in [3.8, 4) is 0 Å². The van der Waals surface area contributed by atoms with Gasteiger partial charge in [0.15, 0.2) is 4.96 Å². The first kappa shape index (κ1) is 12.6. The second-order valence-electron chi connectivity index (χ2n) is 5.06. The molecule has 106 valence electrons. The van der Waals surface area contributed by atoms with Crippen molar-refractivity contribution >= 4 is 27.3 Å². The van der Waals surface area contributed by atoms with E-state index in [1.54, 1.807) is 11.3 Å². The second-order valence-corrected chi connectivity index (χ2v) is 5.93. The molecule has 0 saturated heterocycles. The second kappa shape index (κ2) is 5.02. The lowest BCUT2D eigenvalue weighted by Crippen LogP contribution is -2.18. The van der Waals surface area contributed by atoms with E-state index in [2.05, 4.69) is 27.0 Å². The van der Waals surface area contributed by atoms with Gasteiger partial charge >= 0.3 is 0 Å². The maximum atomic E-state index is 5.65. The van der Waals surface area contributed by atoms with Crippen molar-refractivity contribution in [1.29, 1.82) is 0 Å². The van der Waals surface area contributed by atoms with Crippen molar-refractivity contribution in [1.82, 2.24) is 14.7 Å². The number of fused-ring (bicyclic) bond motifs is 2.